The van der Waals surface area contributed by atoms with Crippen molar-refractivity contribution >= 4 is 23.4 Å². The van der Waals surface area contributed by atoms with E-state index in [0.29, 0.717) is 0 Å². The number of nitrogens with zero attached hydrogens (tertiary/aromatic N) is 2. The number of rotatable bonds is 1. The van der Waals surface area contributed by atoms with E-state index in [1.165, 1.54) is 12.2 Å². The Morgan fingerprint density at radius 1 is 1.67 bits per heavy atom. The first-order valence-electron chi connectivity index (χ1n) is 3.84. The molecule has 0 bridgehead atoms. The molecule has 0 saturated carbocycles. The van der Waals surface area contributed by atoms with Crippen LogP contribution in [0.4, 0.5) is 0 Å². The molecule has 1 aromatic heterocycles. The molecule has 3 nitrogen and oxygen atoms in total. The largest absolute Gasteiger partial charge is 0.321 e. The molecule has 0 spiro atoms. The van der Waals surface area contributed by atoms with Crippen LogP contribution >= 0.6 is 23.4 Å². The summed E-state index contributed by atoms with van der Waals surface area (Å²) >= 11 is 7.42. The molecule has 66 valence electrons. The van der Waals surface area contributed by atoms with Gasteiger partial charge < -0.3 is 4.52 Å². The molecule has 1 aromatic rings. The van der Waals surface area contributed by atoms with Crippen molar-refractivity contribution in [1.29, 1.82) is 0 Å². The van der Waals surface area contributed by atoms with E-state index in [1.54, 1.807) is 0 Å². The van der Waals surface area contributed by atoms with Gasteiger partial charge in [0.15, 0.2) is 5.82 Å². The monoisotopic (exact) mass is 204 g/mol. The first-order valence-corrected chi connectivity index (χ1v) is 5.21. The number of hydrogen-bond acceptors (Lipinski definition) is 4. The van der Waals surface area contributed by atoms with E-state index in [4.69, 9.17) is 16.1 Å². The van der Waals surface area contributed by atoms with Gasteiger partial charge in [-0.15, -0.1) is 11.8 Å². The zero-order valence-corrected chi connectivity index (χ0v) is 8.28. The van der Waals surface area contributed by atoms with Gasteiger partial charge in [-0.25, -0.2) is 0 Å². The van der Waals surface area contributed by atoms with Gasteiger partial charge in [0.1, 0.15) is 0 Å². The van der Waals surface area contributed by atoms with Gasteiger partial charge in [-0.1, -0.05) is 5.16 Å². The van der Waals surface area contributed by atoms with Crippen molar-refractivity contribution in [3.8, 4) is 0 Å². The van der Waals surface area contributed by atoms with E-state index < -0.39 is 0 Å². The van der Waals surface area contributed by atoms with Crippen molar-refractivity contribution in [2.45, 2.75) is 24.5 Å². The lowest BCUT2D eigenvalue weighted by Gasteiger charge is -2.16. The summed E-state index contributed by atoms with van der Waals surface area (Å²) in [4.78, 5) is 4.03. The van der Waals surface area contributed by atoms with Gasteiger partial charge in [-0.3, -0.25) is 0 Å². The maximum atomic E-state index is 5.55. The molecule has 12 heavy (non-hydrogen) atoms. The minimum atomic E-state index is 0.0244. The Kier molecular flexibility index (Phi) is 2.04. The van der Waals surface area contributed by atoms with Crippen LogP contribution in [-0.2, 0) is 4.75 Å². The highest BCUT2D eigenvalue weighted by Crippen LogP contribution is 2.44. The summed E-state index contributed by atoms with van der Waals surface area (Å²) in [7, 11) is 0. The van der Waals surface area contributed by atoms with E-state index in [9.17, 15) is 0 Å². The second-order valence-electron chi connectivity index (χ2n) is 3.05. The first-order chi connectivity index (χ1) is 5.71. The maximum absolute atomic E-state index is 5.55. The summed E-state index contributed by atoms with van der Waals surface area (Å²) in [5.41, 5.74) is 0. The van der Waals surface area contributed by atoms with Crippen LogP contribution in [0.2, 0.25) is 5.35 Å². The summed E-state index contributed by atoms with van der Waals surface area (Å²) in [5.74, 6) is 1.90. The van der Waals surface area contributed by atoms with Crippen LogP contribution in [0.25, 0.3) is 0 Å². The second kappa shape index (κ2) is 2.92. The summed E-state index contributed by atoms with van der Waals surface area (Å²) in [6.45, 7) is 2.13. The average Bonchev–Trinajstić information content (AvgIpc) is 2.59. The molecule has 2 heterocycles. The standard InChI is InChI=1S/C7H9ClN2OS/c1-7(3-2-4-12-7)5-9-6(8)11-10-5/h2-4H2,1H3. The van der Waals surface area contributed by atoms with Gasteiger partial charge in [-0.2, -0.15) is 4.98 Å². The molecule has 1 unspecified atom stereocenters. The number of halogens is 1. The number of aromatic nitrogens is 2. The Balaban J connectivity index is 2.28. The highest BCUT2D eigenvalue weighted by atomic mass is 35.5. The SMILES string of the molecule is CC1(c2noc(Cl)n2)CCCS1. The lowest BCUT2D eigenvalue weighted by molar-refractivity contribution is 0.402. The molecule has 1 aliphatic heterocycles. The first kappa shape index (κ1) is 8.38. The van der Waals surface area contributed by atoms with Crippen LogP contribution in [-0.4, -0.2) is 15.9 Å². The minimum absolute atomic E-state index is 0.0244. The summed E-state index contributed by atoms with van der Waals surface area (Å²) in [6.07, 6.45) is 2.32. The fourth-order valence-electron chi connectivity index (χ4n) is 1.38. The van der Waals surface area contributed by atoms with Gasteiger partial charge in [0, 0.05) is 0 Å². The topological polar surface area (TPSA) is 38.9 Å². The highest BCUT2D eigenvalue weighted by molar-refractivity contribution is 8.00. The van der Waals surface area contributed by atoms with E-state index >= 15 is 0 Å². The van der Waals surface area contributed by atoms with Gasteiger partial charge in [0.05, 0.1) is 4.75 Å². The molecule has 1 atom stereocenters. The van der Waals surface area contributed by atoms with E-state index in [-0.39, 0.29) is 10.1 Å². The van der Waals surface area contributed by atoms with E-state index in [0.717, 1.165) is 12.2 Å². The van der Waals surface area contributed by atoms with Crippen LogP contribution in [0.1, 0.15) is 25.6 Å². The average molecular weight is 205 g/mol. The molecule has 5 heteroatoms. The Labute approximate surface area is 79.9 Å². The van der Waals surface area contributed by atoms with Gasteiger partial charge in [0.25, 0.3) is 0 Å². The van der Waals surface area contributed by atoms with Crippen LogP contribution in [0.3, 0.4) is 0 Å². The highest BCUT2D eigenvalue weighted by Gasteiger charge is 2.35. The van der Waals surface area contributed by atoms with E-state index in [2.05, 4.69) is 17.1 Å². The third-order valence-corrected chi connectivity index (χ3v) is 3.76. The lowest BCUT2D eigenvalue weighted by Crippen LogP contribution is -2.14. The molecule has 2 rings (SSSR count). The Morgan fingerprint density at radius 2 is 2.50 bits per heavy atom. The molecular weight excluding hydrogens is 196 g/mol. The van der Waals surface area contributed by atoms with Gasteiger partial charge >= 0.3 is 5.35 Å². The molecule has 0 aromatic carbocycles. The lowest BCUT2D eigenvalue weighted by atomic mass is 10.1. The van der Waals surface area contributed by atoms with Crippen LogP contribution in [0.15, 0.2) is 4.52 Å². The zero-order chi connectivity index (χ0) is 8.60. The molecule has 0 radical (unpaired) electrons. The number of thioether (sulfide) groups is 1. The fourth-order valence-corrected chi connectivity index (χ4v) is 2.73. The zero-order valence-electron chi connectivity index (χ0n) is 6.71. The van der Waals surface area contributed by atoms with Crippen molar-refractivity contribution in [2.75, 3.05) is 5.75 Å². The van der Waals surface area contributed by atoms with Crippen LogP contribution in [0, 0.1) is 0 Å². The Bertz CT molecular complexity index is 283. The predicted octanol–water partition coefficient (Wildman–Crippen LogP) is 2.47. The summed E-state index contributed by atoms with van der Waals surface area (Å²) in [6, 6.07) is 0. The van der Waals surface area contributed by atoms with Gasteiger partial charge in [-0.05, 0) is 37.1 Å². The molecule has 0 amide bonds. The van der Waals surface area contributed by atoms with Crippen molar-refractivity contribution < 1.29 is 4.52 Å². The molecule has 0 aliphatic carbocycles. The molecule has 1 aliphatic rings. The van der Waals surface area contributed by atoms with Crippen molar-refractivity contribution in [3.63, 3.8) is 0 Å². The van der Waals surface area contributed by atoms with E-state index in [1.807, 2.05) is 11.8 Å². The maximum Gasteiger partial charge on any atom is 0.320 e. The molecule has 1 saturated heterocycles. The number of hydrogen-bond donors (Lipinski definition) is 0. The Hall–Kier alpha value is -0.220. The predicted molar refractivity (Wildman–Crippen MR) is 48.4 cm³/mol. The third kappa shape index (κ3) is 1.33. The van der Waals surface area contributed by atoms with Gasteiger partial charge in [0.2, 0.25) is 0 Å². The molecule has 1 fully saturated rings. The third-order valence-electron chi connectivity index (χ3n) is 2.09. The summed E-state index contributed by atoms with van der Waals surface area (Å²) in [5, 5.41) is 3.97. The Morgan fingerprint density at radius 3 is 3.00 bits per heavy atom. The van der Waals surface area contributed by atoms with Crippen LogP contribution < -0.4 is 0 Å². The minimum Gasteiger partial charge on any atom is -0.321 e. The quantitative estimate of drug-likeness (QED) is 0.705. The van der Waals surface area contributed by atoms with Crippen molar-refractivity contribution in [3.05, 3.63) is 11.2 Å². The molecular formula is C7H9ClN2OS. The smallest absolute Gasteiger partial charge is 0.320 e. The van der Waals surface area contributed by atoms with Crippen molar-refractivity contribution in [1.82, 2.24) is 10.1 Å². The van der Waals surface area contributed by atoms with Crippen LogP contribution in [0.5, 0.6) is 0 Å². The van der Waals surface area contributed by atoms with Crippen molar-refractivity contribution in [2.24, 2.45) is 0 Å². The normalized spacial score (nSPS) is 29.5. The second-order valence-corrected chi connectivity index (χ2v) is 4.98. The molecule has 0 N–H and O–H groups in total. The summed E-state index contributed by atoms with van der Waals surface area (Å²) < 4.78 is 4.76. The fraction of sp³-hybridized carbons (Fsp3) is 0.714.